The second-order valence-electron chi connectivity index (χ2n) is 5.43. The Morgan fingerprint density at radius 3 is 2.06 bits per heavy atom. The van der Waals surface area contributed by atoms with E-state index in [4.69, 9.17) is 11.3 Å². The van der Waals surface area contributed by atoms with Gasteiger partial charge in [0.15, 0.2) is 5.69 Å². The first-order valence-corrected chi connectivity index (χ1v) is 5.54. The van der Waals surface area contributed by atoms with Crippen LogP contribution in [0.5, 0.6) is 0 Å². The molecule has 1 atom stereocenters. The summed E-state index contributed by atoms with van der Waals surface area (Å²) >= 11 is 0. The number of hydrogen-bond donors (Lipinski definition) is 0. The van der Waals surface area contributed by atoms with Crippen LogP contribution in [0, 0.1) is 12.0 Å². The first-order chi connectivity index (χ1) is 7.38. The van der Waals surface area contributed by atoms with Crippen LogP contribution in [-0.2, 0) is 4.74 Å². The normalized spacial score (nSPS) is 25.6. The topological polar surface area (TPSA) is 13.6 Å². The van der Waals surface area contributed by atoms with Gasteiger partial charge in [0.25, 0.3) is 0 Å². The van der Waals surface area contributed by atoms with E-state index in [-0.39, 0.29) is 17.1 Å². The van der Waals surface area contributed by atoms with Gasteiger partial charge in [0.05, 0.1) is 18.3 Å². The number of ether oxygens (including phenoxy) is 1. The van der Waals surface area contributed by atoms with Crippen molar-refractivity contribution in [2.45, 2.75) is 39.4 Å². The number of nitrogens with zero attached hydrogens (tertiary/aromatic N) is 1. The van der Waals surface area contributed by atoms with E-state index in [0.29, 0.717) is 5.69 Å². The van der Waals surface area contributed by atoms with Crippen molar-refractivity contribution < 1.29 is 4.74 Å². The largest absolute Gasteiger partial charge is 0.366 e. The highest BCUT2D eigenvalue weighted by Gasteiger charge is 2.56. The monoisotopic (exact) mass is 215 g/mol. The Morgan fingerprint density at radius 1 is 1.12 bits per heavy atom. The molecule has 0 aliphatic carbocycles. The summed E-state index contributed by atoms with van der Waals surface area (Å²) in [6.07, 6.45) is 0.141. The molecule has 2 heteroatoms. The lowest BCUT2D eigenvalue weighted by Gasteiger charge is -2.58. The molecule has 1 saturated heterocycles. The quantitative estimate of drug-likeness (QED) is 0.643. The van der Waals surface area contributed by atoms with Gasteiger partial charge in [-0.15, -0.1) is 0 Å². The second kappa shape index (κ2) is 3.33. The fourth-order valence-corrected chi connectivity index (χ4v) is 2.06. The molecule has 1 aromatic rings. The van der Waals surface area contributed by atoms with E-state index in [1.807, 2.05) is 24.3 Å². The molecule has 1 heterocycles. The zero-order valence-corrected chi connectivity index (χ0v) is 10.2. The van der Waals surface area contributed by atoms with Gasteiger partial charge in [-0.05, 0) is 19.4 Å². The third kappa shape index (κ3) is 1.44. The zero-order chi connectivity index (χ0) is 12.0. The van der Waals surface area contributed by atoms with Crippen LogP contribution >= 0.6 is 0 Å². The molecule has 0 saturated carbocycles. The Morgan fingerprint density at radius 2 is 1.69 bits per heavy atom. The smallest absolute Gasteiger partial charge is 0.187 e. The number of hydrogen-bond acceptors (Lipinski definition) is 1. The van der Waals surface area contributed by atoms with Crippen molar-refractivity contribution in [3.05, 3.63) is 41.2 Å². The Balaban J connectivity index is 2.25. The summed E-state index contributed by atoms with van der Waals surface area (Å²) in [7, 11) is 0. The highest BCUT2D eigenvalue weighted by Crippen LogP contribution is 2.57. The molecule has 2 rings (SSSR count). The van der Waals surface area contributed by atoms with Crippen LogP contribution in [0.1, 0.15) is 39.4 Å². The Hall–Kier alpha value is -1.33. The van der Waals surface area contributed by atoms with Gasteiger partial charge < -0.3 is 4.74 Å². The summed E-state index contributed by atoms with van der Waals surface area (Å²) in [5.74, 6) is 0. The molecule has 1 aliphatic rings. The second-order valence-corrected chi connectivity index (χ2v) is 5.43. The fourth-order valence-electron chi connectivity index (χ4n) is 2.06. The Bertz CT molecular complexity index is 437. The summed E-state index contributed by atoms with van der Waals surface area (Å²) in [5.41, 5.74) is 1.90. The van der Waals surface area contributed by atoms with E-state index in [0.717, 1.165) is 5.56 Å². The molecular weight excluding hydrogens is 198 g/mol. The molecule has 0 aromatic heterocycles. The van der Waals surface area contributed by atoms with Crippen molar-refractivity contribution in [2.24, 2.45) is 5.41 Å². The molecule has 2 nitrogen and oxygen atoms in total. The van der Waals surface area contributed by atoms with E-state index in [1.54, 1.807) is 0 Å². The molecule has 1 unspecified atom stereocenters. The summed E-state index contributed by atoms with van der Waals surface area (Å²) < 4.78 is 5.92. The lowest BCUT2D eigenvalue weighted by molar-refractivity contribution is -0.294. The lowest BCUT2D eigenvalue weighted by atomic mass is 9.65. The van der Waals surface area contributed by atoms with Crippen LogP contribution < -0.4 is 0 Å². The van der Waals surface area contributed by atoms with E-state index in [1.165, 1.54) is 0 Å². The summed E-state index contributed by atoms with van der Waals surface area (Å²) in [6, 6.07) is 7.70. The highest BCUT2D eigenvalue weighted by atomic mass is 16.5. The minimum atomic E-state index is -0.0733. The van der Waals surface area contributed by atoms with E-state index < -0.39 is 0 Å². The predicted molar refractivity (Wildman–Crippen MR) is 64.4 cm³/mol. The third-order valence-electron chi connectivity index (χ3n) is 3.94. The molecule has 16 heavy (non-hydrogen) atoms. The molecule has 0 N–H and O–H groups in total. The fraction of sp³-hybridized carbons (Fsp3) is 0.500. The zero-order valence-electron chi connectivity index (χ0n) is 10.2. The summed E-state index contributed by atoms with van der Waals surface area (Å²) in [6.45, 7) is 15.6. The molecule has 0 amide bonds. The first-order valence-electron chi connectivity index (χ1n) is 5.54. The molecule has 0 radical (unpaired) electrons. The molecule has 0 spiro atoms. The van der Waals surface area contributed by atoms with Crippen molar-refractivity contribution in [1.82, 2.24) is 0 Å². The van der Waals surface area contributed by atoms with Crippen LogP contribution in [0.15, 0.2) is 24.3 Å². The maximum atomic E-state index is 6.92. The Labute approximate surface area is 97.1 Å². The van der Waals surface area contributed by atoms with Crippen LogP contribution in [-0.4, -0.2) is 5.60 Å². The lowest BCUT2D eigenvalue weighted by Crippen LogP contribution is -2.57. The molecular formula is C14H17NO. The first kappa shape index (κ1) is 11.2. The average molecular weight is 215 g/mol. The predicted octanol–water partition coefficient (Wildman–Crippen LogP) is 4.11. The Kier molecular flexibility index (Phi) is 2.32. The van der Waals surface area contributed by atoms with Crippen LogP contribution in [0.25, 0.3) is 4.85 Å². The van der Waals surface area contributed by atoms with Crippen molar-refractivity contribution in [1.29, 1.82) is 0 Å². The summed E-state index contributed by atoms with van der Waals surface area (Å²) in [4.78, 5) is 3.39. The molecule has 0 bridgehead atoms. The molecule has 84 valence electrons. The van der Waals surface area contributed by atoms with Crippen LogP contribution in [0.2, 0.25) is 0 Å². The van der Waals surface area contributed by atoms with Gasteiger partial charge in [0.2, 0.25) is 0 Å². The van der Waals surface area contributed by atoms with Crippen molar-refractivity contribution >= 4 is 5.69 Å². The number of benzene rings is 1. The minimum absolute atomic E-state index is 0.0733. The van der Waals surface area contributed by atoms with Crippen LogP contribution in [0.4, 0.5) is 5.69 Å². The van der Waals surface area contributed by atoms with Gasteiger partial charge in [-0.3, -0.25) is 0 Å². The van der Waals surface area contributed by atoms with Gasteiger partial charge in [0.1, 0.15) is 0 Å². The van der Waals surface area contributed by atoms with Gasteiger partial charge in [0, 0.05) is 5.41 Å². The molecule has 1 aliphatic heterocycles. The third-order valence-corrected chi connectivity index (χ3v) is 3.94. The average Bonchev–Trinajstić information content (AvgIpc) is 2.26. The minimum Gasteiger partial charge on any atom is -0.366 e. The van der Waals surface area contributed by atoms with Crippen LogP contribution in [0.3, 0.4) is 0 Å². The van der Waals surface area contributed by atoms with Gasteiger partial charge in [-0.2, -0.15) is 0 Å². The van der Waals surface area contributed by atoms with E-state index in [2.05, 4.69) is 32.5 Å². The number of rotatable bonds is 1. The maximum absolute atomic E-state index is 6.92. The SMILES string of the molecule is [C-]#[N+]c1ccc(C2OC(C)(C)C2(C)C)cc1. The van der Waals surface area contributed by atoms with Gasteiger partial charge in [-0.25, -0.2) is 4.85 Å². The maximum Gasteiger partial charge on any atom is 0.187 e. The standard InChI is InChI=1S/C14H17NO/c1-13(2)12(16-14(13,3)4)10-6-8-11(15-5)9-7-10/h6-9,12H,1-4H3. The summed E-state index contributed by atoms with van der Waals surface area (Å²) in [5, 5.41) is 0. The molecule has 1 aromatic carbocycles. The van der Waals surface area contributed by atoms with Crippen molar-refractivity contribution in [2.75, 3.05) is 0 Å². The molecule has 1 fully saturated rings. The van der Waals surface area contributed by atoms with Crippen molar-refractivity contribution in [3.63, 3.8) is 0 Å². The van der Waals surface area contributed by atoms with Crippen molar-refractivity contribution in [3.8, 4) is 0 Å². The van der Waals surface area contributed by atoms with E-state index >= 15 is 0 Å². The van der Waals surface area contributed by atoms with E-state index in [9.17, 15) is 0 Å². The van der Waals surface area contributed by atoms with Gasteiger partial charge >= 0.3 is 0 Å². The van der Waals surface area contributed by atoms with Gasteiger partial charge in [-0.1, -0.05) is 38.1 Å². The highest BCUT2D eigenvalue weighted by molar-refractivity contribution is 5.46.